The van der Waals surface area contributed by atoms with Crippen LogP contribution in [-0.4, -0.2) is 43.4 Å². The second-order valence-corrected chi connectivity index (χ2v) is 10.7. The van der Waals surface area contributed by atoms with Crippen LogP contribution in [0.5, 0.6) is 5.75 Å². The topological polar surface area (TPSA) is 97.7 Å². The molecule has 2 atom stereocenters. The van der Waals surface area contributed by atoms with Gasteiger partial charge < -0.3 is 14.6 Å². The molecule has 2 aliphatic heterocycles. The second kappa shape index (κ2) is 8.73. The van der Waals surface area contributed by atoms with Gasteiger partial charge in [0.1, 0.15) is 5.75 Å². The standard InChI is InChI=1S/C25H25N3O5S/c1-33-21-5-2-4-18(13-21)25(30)26-20-8-10-22(11-9-20)34(31,32)27-14-17-12-19(16-27)23-6-3-7-24(29)28(23)15-17/h2-11,13,17,19H,12,14-16H2,1H3,(H,26,30)/t17-,19+/m0/s1. The van der Waals surface area contributed by atoms with E-state index in [0.29, 0.717) is 36.6 Å². The Morgan fingerprint density at radius 3 is 2.53 bits per heavy atom. The summed E-state index contributed by atoms with van der Waals surface area (Å²) >= 11 is 0. The molecule has 176 valence electrons. The first kappa shape index (κ1) is 22.4. The summed E-state index contributed by atoms with van der Waals surface area (Å²) in [5.74, 6) is 0.361. The van der Waals surface area contributed by atoms with Gasteiger partial charge in [0, 0.05) is 48.6 Å². The van der Waals surface area contributed by atoms with Crippen molar-refractivity contribution in [3.63, 3.8) is 0 Å². The van der Waals surface area contributed by atoms with Crippen molar-refractivity contribution >= 4 is 21.6 Å². The van der Waals surface area contributed by atoms with Crippen molar-refractivity contribution in [2.75, 3.05) is 25.5 Å². The Morgan fingerprint density at radius 2 is 1.76 bits per heavy atom. The van der Waals surface area contributed by atoms with Gasteiger partial charge in [-0.25, -0.2) is 8.42 Å². The number of benzene rings is 2. The second-order valence-electron chi connectivity index (χ2n) is 8.73. The van der Waals surface area contributed by atoms with Crippen molar-refractivity contribution in [2.45, 2.75) is 23.8 Å². The lowest BCUT2D eigenvalue weighted by atomic mass is 9.84. The lowest BCUT2D eigenvalue weighted by Crippen LogP contribution is -2.48. The van der Waals surface area contributed by atoms with E-state index in [4.69, 9.17) is 4.74 Å². The van der Waals surface area contributed by atoms with Crippen LogP contribution in [0.2, 0.25) is 0 Å². The Morgan fingerprint density at radius 1 is 1.00 bits per heavy atom. The molecule has 5 rings (SSSR count). The predicted molar refractivity (Wildman–Crippen MR) is 128 cm³/mol. The summed E-state index contributed by atoms with van der Waals surface area (Å²) in [5.41, 5.74) is 1.81. The van der Waals surface area contributed by atoms with E-state index in [0.717, 1.165) is 12.1 Å². The summed E-state index contributed by atoms with van der Waals surface area (Å²) in [7, 11) is -2.17. The third-order valence-corrected chi connectivity index (χ3v) is 8.37. The molecule has 1 aromatic heterocycles. The maximum Gasteiger partial charge on any atom is 0.255 e. The minimum absolute atomic E-state index is 0.00222. The van der Waals surface area contributed by atoms with Crippen LogP contribution in [0.15, 0.2) is 76.4 Å². The van der Waals surface area contributed by atoms with Crippen LogP contribution in [0.4, 0.5) is 5.69 Å². The summed E-state index contributed by atoms with van der Waals surface area (Å²) < 4.78 is 35.2. The first-order valence-corrected chi connectivity index (χ1v) is 12.5. The van der Waals surface area contributed by atoms with Gasteiger partial charge in [-0.3, -0.25) is 9.59 Å². The largest absolute Gasteiger partial charge is 0.497 e. The summed E-state index contributed by atoms with van der Waals surface area (Å²) in [6.45, 7) is 1.26. The normalized spacial score (nSPS) is 19.8. The van der Waals surface area contributed by atoms with Gasteiger partial charge in [-0.2, -0.15) is 4.31 Å². The predicted octanol–water partition coefficient (Wildman–Crippen LogP) is 2.92. The molecule has 0 saturated carbocycles. The number of nitrogens with zero attached hydrogens (tertiary/aromatic N) is 2. The number of hydrogen-bond donors (Lipinski definition) is 1. The van der Waals surface area contributed by atoms with E-state index in [1.807, 2.05) is 6.07 Å². The SMILES string of the molecule is COc1cccc(C(=O)Nc2ccc(S(=O)(=O)N3C[C@@H]4C[C@H](C3)c3cccc(=O)n3C4)cc2)c1. The summed E-state index contributed by atoms with van der Waals surface area (Å²) in [6.07, 6.45) is 0.880. The van der Waals surface area contributed by atoms with E-state index in [1.54, 1.807) is 53.1 Å². The minimum Gasteiger partial charge on any atom is -0.497 e. The molecule has 34 heavy (non-hydrogen) atoms. The van der Waals surface area contributed by atoms with Gasteiger partial charge in [0.25, 0.3) is 11.5 Å². The molecule has 0 unspecified atom stereocenters. The van der Waals surface area contributed by atoms with Crippen LogP contribution in [0.1, 0.15) is 28.4 Å². The number of sulfonamides is 1. The van der Waals surface area contributed by atoms with Crippen LogP contribution in [0.3, 0.4) is 0 Å². The van der Waals surface area contributed by atoms with Crippen molar-refractivity contribution in [3.05, 3.63) is 88.3 Å². The third-order valence-electron chi connectivity index (χ3n) is 6.53. The molecule has 1 fully saturated rings. The molecule has 0 radical (unpaired) electrons. The number of carbonyl (C=O) groups excluding carboxylic acids is 1. The summed E-state index contributed by atoms with van der Waals surface area (Å²) in [6, 6.07) is 18.2. The van der Waals surface area contributed by atoms with Crippen molar-refractivity contribution in [1.29, 1.82) is 0 Å². The number of ether oxygens (including phenoxy) is 1. The van der Waals surface area contributed by atoms with E-state index in [-0.39, 0.29) is 28.2 Å². The monoisotopic (exact) mass is 479 g/mol. The van der Waals surface area contributed by atoms with E-state index in [9.17, 15) is 18.0 Å². The van der Waals surface area contributed by atoms with Crippen LogP contribution < -0.4 is 15.6 Å². The molecule has 9 heteroatoms. The molecule has 3 aromatic rings. The number of aromatic nitrogens is 1. The van der Waals surface area contributed by atoms with Gasteiger partial charge in [-0.05, 0) is 60.9 Å². The first-order valence-electron chi connectivity index (χ1n) is 11.1. The third kappa shape index (κ3) is 4.12. The Labute approximate surface area is 197 Å². The molecule has 0 spiro atoms. The molecule has 2 bridgehead atoms. The van der Waals surface area contributed by atoms with E-state index in [1.165, 1.54) is 23.5 Å². The molecule has 2 aliphatic rings. The fourth-order valence-electron chi connectivity index (χ4n) is 4.88. The molecule has 0 aliphatic carbocycles. The number of hydrogen-bond acceptors (Lipinski definition) is 5. The maximum absolute atomic E-state index is 13.4. The Balaban J connectivity index is 1.32. The molecule has 1 saturated heterocycles. The van der Waals surface area contributed by atoms with Gasteiger partial charge in [0.05, 0.1) is 12.0 Å². The quantitative estimate of drug-likeness (QED) is 0.607. The van der Waals surface area contributed by atoms with Gasteiger partial charge >= 0.3 is 0 Å². The molecule has 1 N–H and O–H groups in total. The Kier molecular flexibility index (Phi) is 5.75. The zero-order valence-corrected chi connectivity index (χ0v) is 19.5. The Bertz CT molecular complexity index is 1400. The zero-order chi connectivity index (χ0) is 23.9. The molecule has 1 amide bonds. The highest BCUT2D eigenvalue weighted by Crippen LogP contribution is 2.37. The minimum atomic E-state index is -3.71. The zero-order valence-electron chi connectivity index (χ0n) is 18.7. The maximum atomic E-state index is 13.4. The van der Waals surface area contributed by atoms with Gasteiger partial charge in [0.15, 0.2) is 0 Å². The van der Waals surface area contributed by atoms with Crippen LogP contribution in [-0.2, 0) is 16.6 Å². The smallest absolute Gasteiger partial charge is 0.255 e. The highest BCUT2D eigenvalue weighted by molar-refractivity contribution is 7.89. The molecular formula is C25H25N3O5S. The number of piperidine rings is 1. The van der Waals surface area contributed by atoms with Crippen LogP contribution >= 0.6 is 0 Å². The number of pyridine rings is 1. The lowest BCUT2D eigenvalue weighted by Gasteiger charge is -2.42. The Hall–Kier alpha value is -3.43. The fraction of sp³-hybridized carbons (Fsp3) is 0.280. The fourth-order valence-corrected chi connectivity index (χ4v) is 6.44. The average molecular weight is 480 g/mol. The lowest BCUT2D eigenvalue weighted by molar-refractivity contribution is 0.102. The van der Waals surface area contributed by atoms with Crippen molar-refractivity contribution in [2.24, 2.45) is 5.92 Å². The highest BCUT2D eigenvalue weighted by Gasteiger charge is 2.39. The molecule has 8 nitrogen and oxygen atoms in total. The number of anilines is 1. The highest BCUT2D eigenvalue weighted by atomic mass is 32.2. The van der Waals surface area contributed by atoms with Gasteiger partial charge in [-0.15, -0.1) is 0 Å². The number of rotatable bonds is 5. The van der Waals surface area contributed by atoms with E-state index >= 15 is 0 Å². The number of carbonyl (C=O) groups is 1. The van der Waals surface area contributed by atoms with Gasteiger partial charge in [0.2, 0.25) is 10.0 Å². The first-order chi connectivity index (χ1) is 16.3. The number of nitrogens with one attached hydrogen (secondary N) is 1. The van der Waals surface area contributed by atoms with E-state index < -0.39 is 10.0 Å². The van der Waals surface area contributed by atoms with Crippen molar-refractivity contribution < 1.29 is 17.9 Å². The van der Waals surface area contributed by atoms with Crippen LogP contribution in [0.25, 0.3) is 0 Å². The summed E-state index contributed by atoms with van der Waals surface area (Å²) in [4.78, 5) is 24.9. The van der Waals surface area contributed by atoms with Crippen molar-refractivity contribution in [1.82, 2.24) is 8.87 Å². The average Bonchev–Trinajstić information content (AvgIpc) is 2.85. The van der Waals surface area contributed by atoms with E-state index in [2.05, 4.69) is 5.32 Å². The summed E-state index contributed by atoms with van der Waals surface area (Å²) in [5, 5.41) is 2.78. The van der Waals surface area contributed by atoms with Crippen molar-refractivity contribution in [3.8, 4) is 5.75 Å². The van der Waals surface area contributed by atoms with Crippen LogP contribution in [0, 0.1) is 5.92 Å². The molecule has 2 aromatic carbocycles. The number of methoxy groups -OCH3 is 1. The molecule has 3 heterocycles. The number of amides is 1. The molecular weight excluding hydrogens is 454 g/mol. The number of fused-ring (bicyclic) bond motifs is 4. The van der Waals surface area contributed by atoms with Gasteiger partial charge in [-0.1, -0.05) is 12.1 Å².